The molecule has 0 saturated carbocycles. The molecule has 0 atom stereocenters. The Hall–Kier alpha value is -2.05. The second-order valence-corrected chi connectivity index (χ2v) is 4.80. The molecule has 3 nitrogen and oxygen atoms in total. The number of nitrogens with two attached hydrogens (primary N) is 1. The van der Waals surface area contributed by atoms with Crippen molar-refractivity contribution >= 4 is 5.82 Å². The van der Waals surface area contributed by atoms with E-state index in [1.807, 2.05) is 6.92 Å². The van der Waals surface area contributed by atoms with Crippen molar-refractivity contribution in [1.29, 1.82) is 0 Å². The van der Waals surface area contributed by atoms with Crippen LogP contribution in [0.25, 0.3) is 11.3 Å². The second-order valence-electron chi connectivity index (χ2n) is 4.80. The minimum absolute atomic E-state index is 0.0257. The molecule has 7 heteroatoms. The van der Waals surface area contributed by atoms with Crippen molar-refractivity contribution in [1.82, 2.24) is 9.55 Å². The third-order valence-corrected chi connectivity index (χ3v) is 3.20. The summed E-state index contributed by atoms with van der Waals surface area (Å²) in [6.07, 6.45) is -3.16. The van der Waals surface area contributed by atoms with E-state index in [0.29, 0.717) is 18.3 Å². The number of nitrogen functional groups attached to an aromatic ring is 1. The quantitative estimate of drug-likeness (QED) is 0.877. The number of hydrogen-bond donors (Lipinski definition) is 1. The van der Waals surface area contributed by atoms with Gasteiger partial charge in [0.05, 0.1) is 5.56 Å². The van der Waals surface area contributed by atoms with Gasteiger partial charge in [-0.25, -0.2) is 9.37 Å². The molecule has 0 spiro atoms. The van der Waals surface area contributed by atoms with Crippen molar-refractivity contribution in [3.63, 3.8) is 0 Å². The number of halogens is 4. The first kappa shape index (κ1) is 15.3. The van der Waals surface area contributed by atoms with Crippen molar-refractivity contribution in [2.45, 2.75) is 25.9 Å². The summed E-state index contributed by atoms with van der Waals surface area (Å²) in [5, 5.41) is 0. The Morgan fingerprint density at radius 1 is 1.24 bits per heavy atom. The van der Waals surface area contributed by atoms with Crippen LogP contribution in [-0.4, -0.2) is 9.55 Å². The average Bonchev–Trinajstić information content (AvgIpc) is 2.66. The summed E-state index contributed by atoms with van der Waals surface area (Å²) in [4.78, 5) is 4.24. The van der Waals surface area contributed by atoms with Gasteiger partial charge in [-0.15, -0.1) is 0 Å². The summed E-state index contributed by atoms with van der Waals surface area (Å²) in [7, 11) is 1.68. The molecule has 0 fully saturated rings. The van der Waals surface area contributed by atoms with E-state index in [-0.39, 0.29) is 17.1 Å². The van der Waals surface area contributed by atoms with Gasteiger partial charge in [-0.1, -0.05) is 6.92 Å². The molecule has 1 aromatic heterocycles. The maximum absolute atomic E-state index is 13.5. The summed E-state index contributed by atoms with van der Waals surface area (Å²) in [6, 6.07) is 2.32. The Kier molecular flexibility index (Phi) is 3.93. The van der Waals surface area contributed by atoms with E-state index < -0.39 is 17.6 Å². The Bertz CT molecular complexity index is 659. The standard InChI is InChI=1S/C14H15F4N3/c1-3-4-11-20-12(13(19)21(11)2)8-5-9(14(16,17)18)7-10(15)6-8/h5-7H,3-4,19H2,1-2H3. The number of aryl methyl sites for hydroxylation is 1. The Morgan fingerprint density at radius 2 is 1.90 bits per heavy atom. The van der Waals surface area contributed by atoms with Crippen molar-refractivity contribution in [2.75, 3.05) is 5.73 Å². The van der Waals surface area contributed by atoms with Crippen LogP contribution in [0.3, 0.4) is 0 Å². The largest absolute Gasteiger partial charge is 0.416 e. The van der Waals surface area contributed by atoms with Gasteiger partial charge in [-0.05, 0) is 24.6 Å². The fraction of sp³-hybridized carbons (Fsp3) is 0.357. The molecule has 0 saturated heterocycles. The zero-order chi connectivity index (χ0) is 15.8. The topological polar surface area (TPSA) is 43.8 Å². The molecule has 1 aromatic carbocycles. The van der Waals surface area contributed by atoms with Crippen LogP contribution < -0.4 is 5.73 Å². The molecule has 2 rings (SSSR count). The first-order valence-electron chi connectivity index (χ1n) is 6.43. The summed E-state index contributed by atoms with van der Waals surface area (Å²) in [5.41, 5.74) is 5.01. The molecule has 0 bridgehead atoms. The third kappa shape index (κ3) is 3.01. The fourth-order valence-corrected chi connectivity index (χ4v) is 2.11. The molecule has 0 aliphatic rings. The number of imidazole rings is 1. The number of aromatic nitrogens is 2. The van der Waals surface area contributed by atoms with Gasteiger partial charge in [0.25, 0.3) is 0 Å². The number of nitrogens with zero attached hydrogens (tertiary/aromatic N) is 2. The second kappa shape index (κ2) is 5.38. The van der Waals surface area contributed by atoms with Crippen LogP contribution in [-0.2, 0) is 19.6 Å². The van der Waals surface area contributed by atoms with E-state index in [1.54, 1.807) is 11.6 Å². The first-order chi connectivity index (χ1) is 9.74. The molecule has 2 aromatic rings. The molecule has 0 unspecified atom stereocenters. The van der Waals surface area contributed by atoms with Crippen molar-refractivity contribution in [2.24, 2.45) is 7.05 Å². The number of rotatable bonds is 3. The smallest absolute Gasteiger partial charge is 0.383 e. The van der Waals surface area contributed by atoms with Crippen LogP contribution in [0, 0.1) is 5.82 Å². The number of hydrogen-bond acceptors (Lipinski definition) is 2. The predicted molar refractivity (Wildman–Crippen MR) is 72.0 cm³/mol. The highest BCUT2D eigenvalue weighted by Crippen LogP contribution is 2.34. The van der Waals surface area contributed by atoms with Crippen LogP contribution in [0.15, 0.2) is 18.2 Å². The van der Waals surface area contributed by atoms with E-state index >= 15 is 0 Å². The Labute approximate surface area is 119 Å². The highest BCUT2D eigenvalue weighted by Gasteiger charge is 2.32. The lowest BCUT2D eigenvalue weighted by Crippen LogP contribution is -2.06. The maximum atomic E-state index is 13.5. The summed E-state index contributed by atoms with van der Waals surface area (Å²) in [5.74, 6) is -0.0955. The molecule has 114 valence electrons. The molecule has 2 N–H and O–H groups in total. The molecule has 1 heterocycles. The molecule has 0 aliphatic carbocycles. The van der Waals surface area contributed by atoms with Gasteiger partial charge in [-0.3, -0.25) is 0 Å². The average molecular weight is 301 g/mol. The monoisotopic (exact) mass is 301 g/mol. The van der Waals surface area contributed by atoms with E-state index in [2.05, 4.69) is 4.98 Å². The summed E-state index contributed by atoms with van der Waals surface area (Å²) < 4.78 is 53.3. The van der Waals surface area contributed by atoms with Crippen molar-refractivity contribution < 1.29 is 17.6 Å². The lowest BCUT2D eigenvalue weighted by molar-refractivity contribution is -0.137. The maximum Gasteiger partial charge on any atom is 0.416 e. The zero-order valence-electron chi connectivity index (χ0n) is 11.6. The van der Waals surface area contributed by atoms with Crippen LogP contribution in [0.2, 0.25) is 0 Å². The van der Waals surface area contributed by atoms with E-state index in [9.17, 15) is 17.6 Å². The molecule has 0 radical (unpaired) electrons. The van der Waals surface area contributed by atoms with Crippen molar-refractivity contribution in [3.8, 4) is 11.3 Å². The van der Waals surface area contributed by atoms with Gasteiger partial charge < -0.3 is 10.3 Å². The minimum Gasteiger partial charge on any atom is -0.383 e. The Balaban J connectivity index is 2.57. The predicted octanol–water partition coefficient (Wildman–Crippen LogP) is 3.78. The minimum atomic E-state index is -4.62. The number of anilines is 1. The van der Waals surface area contributed by atoms with Gasteiger partial charge >= 0.3 is 6.18 Å². The highest BCUT2D eigenvalue weighted by atomic mass is 19.4. The van der Waals surface area contributed by atoms with E-state index in [1.165, 1.54) is 0 Å². The SMILES string of the molecule is CCCc1nc(-c2cc(F)cc(C(F)(F)F)c2)c(N)n1C. The van der Waals surface area contributed by atoms with Gasteiger partial charge in [0.1, 0.15) is 23.2 Å². The third-order valence-electron chi connectivity index (χ3n) is 3.20. The highest BCUT2D eigenvalue weighted by molar-refractivity contribution is 5.71. The van der Waals surface area contributed by atoms with Crippen molar-refractivity contribution in [3.05, 3.63) is 35.4 Å². The van der Waals surface area contributed by atoms with Gasteiger partial charge in [-0.2, -0.15) is 13.2 Å². The lowest BCUT2D eigenvalue weighted by Gasteiger charge is -2.09. The van der Waals surface area contributed by atoms with E-state index in [0.717, 1.165) is 18.6 Å². The fourth-order valence-electron chi connectivity index (χ4n) is 2.11. The Morgan fingerprint density at radius 3 is 2.48 bits per heavy atom. The van der Waals surface area contributed by atoms with Crippen LogP contribution >= 0.6 is 0 Å². The van der Waals surface area contributed by atoms with Crippen LogP contribution in [0.1, 0.15) is 24.7 Å². The van der Waals surface area contributed by atoms with E-state index in [4.69, 9.17) is 5.73 Å². The van der Waals surface area contributed by atoms with Crippen LogP contribution in [0.4, 0.5) is 23.4 Å². The molecular weight excluding hydrogens is 286 g/mol. The zero-order valence-corrected chi connectivity index (χ0v) is 11.6. The molecule has 0 aliphatic heterocycles. The first-order valence-corrected chi connectivity index (χ1v) is 6.43. The summed E-state index contributed by atoms with van der Waals surface area (Å²) >= 11 is 0. The number of alkyl halides is 3. The molecular formula is C14H15F4N3. The lowest BCUT2D eigenvalue weighted by atomic mass is 10.1. The van der Waals surface area contributed by atoms with Crippen LogP contribution in [0.5, 0.6) is 0 Å². The van der Waals surface area contributed by atoms with Gasteiger partial charge in [0.15, 0.2) is 0 Å². The number of benzene rings is 1. The molecule has 0 amide bonds. The van der Waals surface area contributed by atoms with Gasteiger partial charge in [0, 0.05) is 19.0 Å². The van der Waals surface area contributed by atoms with Gasteiger partial charge in [0.2, 0.25) is 0 Å². The normalized spacial score (nSPS) is 11.9. The summed E-state index contributed by atoms with van der Waals surface area (Å²) in [6.45, 7) is 1.95. The molecule has 21 heavy (non-hydrogen) atoms.